The first-order chi connectivity index (χ1) is 11.1. The van der Waals surface area contributed by atoms with E-state index in [9.17, 15) is 4.79 Å². The molecule has 0 saturated heterocycles. The number of anilines is 1. The number of halogens is 1. The monoisotopic (exact) mass is 422 g/mol. The van der Waals surface area contributed by atoms with Gasteiger partial charge in [-0.05, 0) is 67.1 Å². The highest BCUT2D eigenvalue weighted by Crippen LogP contribution is 2.15. The number of rotatable bonds is 7. The van der Waals surface area contributed by atoms with Crippen LogP contribution in [0, 0.1) is 10.5 Å². The molecule has 2 aromatic rings. The molecule has 122 valence electrons. The first-order valence-electron chi connectivity index (χ1n) is 7.96. The van der Waals surface area contributed by atoms with Gasteiger partial charge in [-0.1, -0.05) is 29.8 Å². The van der Waals surface area contributed by atoms with E-state index < -0.39 is 0 Å². The normalized spacial score (nSPS) is 10.4. The highest BCUT2D eigenvalue weighted by molar-refractivity contribution is 14.1. The zero-order valence-corrected chi connectivity index (χ0v) is 15.8. The Labute approximate surface area is 152 Å². The van der Waals surface area contributed by atoms with Crippen molar-refractivity contribution >= 4 is 34.2 Å². The molecule has 1 N–H and O–H groups in total. The topological polar surface area (TPSA) is 32.3 Å². The van der Waals surface area contributed by atoms with Gasteiger partial charge in [-0.15, -0.1) is 0 Å². The van der Waals surface area contributed by atoms with Gasteiger partial charge in [0.05, 0.1) is 5.56 Å². The Morgan fingerprint density at radius 1 is 1.17 bits per heavy atom. The van der Waals surface area contributed by atoms with E-state index in [1.807, 2.05) is 31.2 Å². The van der Waals surface area contributed by atoms with Crippen molar-refractivity contribution in [2.24, 2.45) is 0 Å². The summed E-state index contributed by atoms with van der Waals surface area (Å²) in [6.07, 6.45) is 0.927. The molecule has 3 nitrogen and oxygen atoms in total. The largest absolute Gasteiger partial charge is 0.372 e. The molecule has 4 heteroatoms. The fourth-order valence-corrected chi connectivity index (χ4v) is 3.40. The molecule has 2 aromatic carbocycles. The molecule has 2 rings (SSSR count). The summed E-state index contributed by atoms with van der Waals surface area (Å²) >= 11 is 2.22. The summed E-state index contributed by atoms with van der Waals surface area (Å²) in [5.41, 5.74) is 3.16. The Kier molecular flexibility index (Phi) is 6.89. The maximum absolute atomic E-state index is 12.2. The third kappa shape index (κ3) is 5.23. The van der Waals surface area contributed by atoms with Gasteiger partial charge in [0, 0.05) is 28.9 Å². The molecular weight excluding hydrogens is 399 g/mol. The molecular formula is C19H23IN2O. The minimum Gasteiger partial charge on any atom is -0.372 e. The second-order valence-electron chi connectivity index (χ2n) is 5.51. The van der Waals surface area contributed by atoms with E-state index in [1.54, 1.807) is 0 Å². The maximum atomic E-state index is 12.2. The van der Waals surface area contributed by atoms with Gasteiger partial charge in [-0.3, -0.25) is 4.79 Å². The quantitative estimate of drug-likeness (QED) is 0.535. The van der Waals surface area contributed by atoms with Crippen molar-refractivity contribution in [1.29, 1.82) is 0 Å². The fourth-order valence-electron chi connectivity index (χ4n) is 2.48. The number of hydrogen-bond acceptors (Lipinski definition) is 2. The molecule has 0 heterocycles. The Bertz CT molecular complexity index is 643. The van der Waals surface area contributed by atoms with Crippen molar-refractivity contribution in [3.05, 3.63) is 63.2 Å². The molecule has 0 saturated carbocycles. The first-order valence-corrected chi connectivity index (χ1v) is 9.04. The molecule has 0 aliphatic rings. The SMILES string of the molecule is CCN(CCCNC(=O)c1ccc(C)cc1I)c1ccccc1. The molecule has 0 spiro atoms. The van der Waals surface area contributed by atoms with E-state index in [-0.39, 0.29) is 5.91 Å². The molecule has 0 fully saturated rings. The predicted octanol–water partition coefficient (Wildman–Crippen LogP) is 4.25. The van der Waals surface area contributed by atoms with Crippen LogP contribution >= 0.6 is 22.6 Å². The number of carbonyl (C=O) groups is 1. The van der Waals surface area contributed by atoms with Crippen molar-refractivity contribution in [3.8, 4) is 0 Å². The van der Waals surface area contributed by atoms with Crippen LogP contribution in [0.25, 0.3) is 0 Å². The van der Waals surface area contributed by atoms with Gasteiger partial charge < -0.3 is 10.2 Å². The molecule has 23 heavy (non-hydrogen) atoms. The van der Waals surface area contributed by atoms with Gasteiger partial charge in [0.15, 0.2) is 0 Å². The van der Waals surface area contributed by atoms with Crippen LogP contribution in [0.1, 0.15) is 29.3 Å². The number of amides is 1. The molecule has 0 aliphatic heterocycles. The lowest BCUT2D eigenvalue weighted by Gasteiger charge is -2.23. The van der Waals surface area contributed by atoms with E-state index in [0.717, 1.165) is 28.6 Å². The fraction of sp³-hybridized carbons (Fsp3) is 0.316. The van der Waals surface area contributed by atoms with Crippen LogP contribution < -0.4 is 10.2 Å². The minimum absolute atomic E-state index is 0.0113. The van der Waals surface area contributed by atoms with Crippen LogP contribution in [0.5, 0.6) is 0 Å². The lowest BCUT2D eigenvalue weighted by atomic mass is 10.1. The Balaban J connectivity index is 1.81. The third-order valence-corrected chi connectivity index (χ3v) is 4.66. The zero-order valence-electron chi connectivity index (χ0n) is 13.7. The third-order valence-electron chi connectivity index (χ3n) is 3.76. The van der Waals surface area contributed by atoms with Crippen molar-refractivity contribution in [2.45, 2.75) is 20.3 Å². The summed E-state index contributed by atoms with van der Waals surface area (Å²) in [5.74, 6) is 0.0113. The zero-order chi connectivity index (χ0) is 16.7. The van der Waals surface area contributed by atoms with E-state index >= 15 is 0 Å². The molecule has 0 unspecified atom stereocenters. The molecule has 1 amide bonds. The van der Waals surface area contributed by atoms with Crippen molar-refractivity contribution in [3.63, 3.8) is 0 Å². The van der Waals surface area contributed by atoms with Gasteiger partial charge in [0.25, 0.3) is 5.91 Å². The number of aryl methyl sites for hydroxylation is 1. The summed E-state index contributed by atoms with van der Waals surface area (Å²) < 4.78 is 1.000. The standard InChI is InChI=1S/C19H23IN2O/c1-3-22(16-8-5-4-6-9-16)13-7-12-21-19(23)17-11-10-15(2)14-18(17)20/h4-6,8-11,14H,3,7,12-13H2,1-2H3,(H,21,23). The number of hydrogen-bond donors (Lipinski definition) is 1. The average molecular weight is 422 g/mol. The van der Waals surface area contributed by atoms with Crippen molar-refractivity contribution < 1.29 is 4.79 Å². The van der Waals surface area contributed by atoms with Gasteiger partial charge in [0.2, 0.25) is 0 Å². The summed E-state index contributed by atoms with van der Waals surface area (Å²) in [5, 5.41) is 3.02. The second-order valence-corrected chi connectivity index (χ2v) is 6.67. The molecule has 0 bridgehead atoms. The minimum atomic E-state index is 0.0113. The Morgan fingerprint density at radius 3 is 2.57 bits per heavy atom. The lowest BCUT2D eigenvalue weighted by molar-refractivity contribution is 0.0952. The first kappa shape index (κ1) is 17.8. The summed E-state index contributed by atoms with van der Waals surface area (Å²) in [4.78, 5) is 14.6. The highest BCUT2D eigenvalue weighted by atomic mass is 127. The van der Waals surface area contributed by atoms with Crippen LogP contribution in [0.15, 0.2) is 48.5 Å². The summed E-state index contributed by atoms with van der Waals surface area (Å²) in [6, 6.07) is 16.3. The van der Waals surface area contributed by atoms with Crippen molar-refractivity contribution in [2.75, 3.05) is 24.5 Å². The lowest BCUT2D eigenvalue weighted by Crippen LogP contribution is -2.30. The number of carbonyl (C=O) groups excluding carboxylic acids is 1. The second kappa shape index (κ2) is 8.91. The van der Waals surface area contributed by atoms with Crippen molar-refractivity contribution in [1.82, 2.24) is 5.32 Å². The predicted molar refractivity (Wildman–Crippen MR) is 105 cm³/mol. The number of nitrogens with one attached hydrogen (secondary N) is 1. The van der Waals surface area contributed by atoms with E-state index in [2.05, 4.69) is 64.0 Å². The van der Waals surface area contributed by atoms with Gasteiger partial charge >= 0.3 is 0 Å². The van der Waals surface area contributed by atoms with E-state index in [0.29, 0.717) is 6.54 Å². The van der Waals surface area contributed by atoms with Crippen LogP contribution in [-0.2, 0) is 0 Å². The molecule has 0 atom stereocenters. The van der Waals surface area contributed by atoms with Gasteiger partial charge in [0.1, 0.15) is 0 Å². The van der Waals surface area contributed by atoms with Crippen LogP contribution in [0.4, 0.5) is 5.69 Å². The van der Waals surface area contributed by atoms with Gasteiger partial charge in [-0.2, -0.15) is 0 Å². The van der Waals surface area contributed by atoms with Crippen LogP contribution in [-0.4, -0.2) is 25.5 Å². The van der Waals surface area contributed by atoms with Crippen LogP contribution in [0.3, 0.4) is 0 Å². The molecule has 0 radical (unpaired) electrons. The Hall–Kier alpha value is -1.56. The molecule has 0 aliphatic carbocycles. The van der Waals surface area contributed by atoms with Crippen LogP contribution in [0.2, 0.25) is 0 Å². The number of nitrogens with zero attached hydrogens (tertiary/aromatic N) is 1. The number of benzene rings is 2. The highest BCUT2D eigenvalue weighted by Gasteiger charge is 2.09. The van der Waals surface area contributed by atoms with E-state index in [4.69, 9.17) is 0 Å². The Morgan fingerprint density at radius 2 is 1.91 bits per heavy atom. The summed E-state index contributed by atoms with van der Waals surface area (Å²) in [6.45, 7) is 6.78. The molecule has 0 aromatic heterocycles. The van der Waals surface area contributed by atoms with E-state index in [1.165, 1.54) is 11.3 Å². The number of para-hydroxylation sites is 1. The smallest absolute Gasteiger partial charge is 0.252 e. The average Bonchev–Trinajstić information content (AvgIpc) is 2.55. The summed E-state index contributed by atoms with van der Waals surface area (Å²) in [7, 11) is 0. The maximum Gasteiger partial charge on any atom is 0.252 e. The van der Waals surface area contributed by atoms with Gasteiger partial charge in [-0.25, -0.2) is 0 Å².